The van der Waals surface area contributed by atoms with Crippen molar-refractivity contribution >= 4 is 11.6 Å². The van der Waals surface area contributed by atoms with Gasteiger partial charge in [0.2, 0.25) is 5.82 Å². The molecule has 0 spiro atoms. The van der Waals surface area contributed by atoms with Gasteiger partial charge < -0.3 is 9.84 Å². The zero-order valence-corrected chi connectivity index (χ0v) is 19.5. The minimum Gasteiger partial charge on any atom is -0.334 e. The van der Waals surface area contributed by atoms with Gasteiger partial charge in [0.25, 0.3) is 5.89 Å². The Bertz CT molecular complexity index is 1380. The molecule has 7 heteroatoms. The Kier molecular flexibility index (Phi) is 6.14. The van der Waals surface area contributed by atoms with E-state index in [0.29, 0.717) is 28.5 Å². The van der Waals surface area contributed by atoms with Gasteiger partial charge in [-0.15, -0.1) is 0 Å². The van der Waals surface area contributed by atoms with Crippen LogP contribution >= 0.6 is 0 Å². The summed E-state index contributed by atoms with van der Waals surface area (Å²) in [4.78, 5) is 19.4. The molecule has 35 heavy (non-hydrogen) atoms. The number of carbonyl (C=O) groups excluding carboxylic acids is 1. The zero-order chi connectivity index (χ0) is 24.4. The van der Waals surface area contributed by atoms with Crippen molar-refractivity contribution in [2.24, 2.45) is 0 Å². The van der Waals surface area contributed by atoms with Crippen LogP contribution in [0.2, 0.25) is 0 Å². The maximum absolute atomic E-state index is 14.4. The van der Waals surface area contributed by atoms with Crippen molar-refractivity contribution in [3.63, 3.8) is 0 Å². The number of allylic oxidation sites excluding steroid dienone is 1. The average Bonchev–Trinajstić information content (AvgIpc) is 3.37. The summed E-state index contributed by atoms with van der Waals surface area (Å²) in [5.41, 5.74) is 4.65. The van der Waals surface area contributed by atoms with Crippen LogP contribution in [0.1, 0.15) is 42.5 Å². The van der Waals surface area contributed by atoms with Crippen LogP contribution in [0.3, 0.4) is 0 Å². The van der Waals surface area contributed by atoms with E-state index in [9.17, 15) is 9.18 Å². The van der Waals surface area contributed by atoms with Crippen molar-refractivity contribution in [2.45, 2.75) is 32.9 Å². The minimum absolute atomic E-state index is 0.0784. The van der Waals surface area contributed by atoms with Crippen molar-refractivity contribution in [3.8, 4) is 11.4 Å². The summed E-state index contributed by atoms with van der Waals surface area (Å²) < 4.78 is 20.1. The third-order valence-corrected chi connectivity index (χ3v) is 6.29. The molecule has 0 aliphatic carbocycles. The van der Waals surface area contributed by atoms with E-state index in [1.807, 2.05) is 61.5 Å². The highest BCUT2D eigenvalue weighted by Gasteiger charge is 2.36. The highest BCUT2D eigenvalue weighted by Crippen LogP contribution is 2.38. The lowest BCUT2D eigenvalue weighted by atomic mass is 9.93. The second kappa shape index (κ2) is 9.54. The normalized spacial score (nSPS) is 15.9. The van der Waals surface area contributed by atoms with E-state index in [1.54, 1.807) is 18.2 Å². The molecular weight excluding hydrogens is 443 g/mol. The second-order valence-electron chi connectivity index (χ2n) is 8.44. The molecule has 2 amide bonds. The number of rotatable bonds is 6. The van der Waals surface area contributed by atoms with Gasteiger partial charge in [-0.2, -0.15) is 4.98 Å². The lowest BCUT2D eigenvalue weighted by Crippen LogP contribution is -2.45. The minimum atomic E-state index is -0.491. The summed E-state index contributed by atoms with van der Waals surface area (Å²) in [6, 6.07) is 23.3. The van der Waals surface area contributed by atoms with Gasteiger partial charge in [-0.05, 0) is 30.5 Å². The molecule has 0 fully saturated rings. The van der Waals surface area contributed by atoms with Crippen LogP contribution in [-0.4, -0.2) is 21.1 Å². The van der Waals surface area contributed by atoms with Gasteiger partial charge >= 0.3 is 6.03 Å². The fourth-order valence-electron chi connectivity index (χ4n) is 4.28. The SMILES string of the molecule is CCc1ccc(C2NC(=O)N(Cc3ccccc3F)C(C)=C2c2nc(-c3ccccc3)no2)cc1. The Balaban J connectivity index is 1.60. The van der Waals surface area contributed by atoms with E-state index in [4.69, 9.17) is 4.52 Å². The van der Waals surface area contributed by atoms with Gasteiger partial charge in [0, 0.05) is 16.8 Å². The van der Waals surface area contributed by atoms with Crippen LogP contribution < -0.4 is 5.32 Å². The molecule has 0 radical (unpaired) electrons. The smallest absolute Gasteiger partial charge is 0.322 e. The van der Waals surface area contributed by atoms with Crippen LogP contribution in [-0.2, 0) is 13.0 Å². The van der Waals surface area contributed by atoms with Gasteiger partial charge in [-0.1, -0.05) is 84.9 Å². The standard InChI is InChI=1S/C28H25FN4O2/c1-3-19-13-15-20(16-14-19)25-24(27-31-26(32-35-27)21-9-5-4-6-10-21)18(2)33(28(34)30-25)17-22-11-7-8-12-23(22)29/h4-16,25H,3,17H2,1-2H3,(H,30,34). The van der Waals surface area contributed by atoms with Crippen molar-refractivity contribution in [1.29, 1.82) is 0 Å². The zero-order valence-electron chi connectivity index (χ0n) is 19.5. The summed E-state index contributed by atoms with van der Waals surface area (Å²) in [7, 11) is 0. The van der Waals surface area contributed by atoms with Gasteiger partial charge in [0.1, 0.15) is 5.82 Å². The number of halogens is 1. The monoisotopic (exact) mass is 468 g/mol. The molecule has 1 aliphatic rings. The molecular formula is C28H25FN4O2. The first-order chi connectivity index (χ1) is 17.0. The average molecular weight is 469 g/mol. The van der Waals surface area contributed by atoms with Gasteiger partial charge in [0.05, 0.1) is 18.2 Å². The lowest BCUT2D eigenvalue weighted by Gasteiger charge is -2.35. The number of benzene rings is 3. The number of amides is 2. The molecule has 0 bridgehead atoms. The Morgan fingerprint density at radius 1 is 1.00 bits per heavy atom. The van der Waals surface area contributed by atoms with Gasteiger partial charge in [-0.3, -0.25) is 4.90 Å². The number of aryl methyl sites for hydroxylation is 1. The second-order valence-corrected chi connectivity index (χ2v) is 8.44. The van der Waals surface area contributed by atoms with Crippen molar-refractivity contribution in [3.05, 3.63) is 113 Å². The van der Waals surface area contributed by atoms with Crippen LogP contribution in [0.4, 0.5) is 9.18 Å². The maximum atomic E-state index is 14.4. The first-order valence-electron chi connectivity index (χ1n) is 11.6. The summed E-state index contributed by atoms with van der Waals surface area (Å²) in [6.07, 6.45) is 0.916. The van der Waals surface area contributed by atoms with Crippen LogP contribution in [0.25, 0.3) is 17.0 Å². The largest absolute Gasteiger partial charge is 0.334 e. The predicted octanol–water partition coefficient (Wildman–Crippen LogP) is 6.14. The Morgan fingerprint density at radius 3 is 2.43 bits per heavy atom. The molecule has 4 aromatic rings. The molecule has 1 aromatic heterocycles. The summed E-state index contributed by atoms with van der Waals surface area (Å²) in [6.45, 7) is 4.00. The first kappa shape index (κ1) is 22.5. The summed E-state index contributed by atoms with van der Waals surface area (Å²) in [5, 5.41) is 7.25. The van der Waals surface area contributed by atoms with E-state index in [-0.39, 0.29) is 18.4 Å². The Labute approximate surface area is 203 Å². The van der Waals surface area contributed by atoms with Crippen molar-refractivity contribution in [1.82, 2.24) is 20.4 Å². The van der Waals surface area contributed by atoms with Crippen molar-refractivity contribution in [2.75, 3.05) is 0 Å². The number of hydrogen-bond acceptors (Lipinski definition) is 4. The molecule has 0 saturated carbocycles. The summed E-state index contributed by atoms with van der Waals surface area (Å²) in [5.74, 6) is 0.402. The highest BCUT2D eigenvalue weighted by molar-refractivity contribution is 5.86. The molecule has 3 aromatic carbocycles. The van der Waals surface area contributed by atoms with Crippen LogP contribution in [0.15, 0.2) is 89.1 Å². The molecule has 5 rings (SSSR count). The van der Waals surface area contributed by atoms with Crippen molar-refractivity contribution < 1.29 is 13.7 Å². The number of aromatic nitrogens is 2. The number of urea groups is 1. The lowest BCUT2D eigenvalue weighted by molar-refractivity contribution is 0.202. The van der Waals surface area contributed by atoms with E-state index < -0.39 is 6.04 Å². The van der Waals surface area contributed by atoms with Crippen LogP contribution in [0, 0.1) is 5.82 Å². The van der Waals surface area contributed by atoms with E-state index >= 15 is 0 Å². The molecule has 6 nitrogen and oxygen atoms in total. The molecule has 1 unspecified atom stereocenters. The fraction of sp³-hybridized carbons (Fsp3) is 0.179. The van der Waals surface area contributed by atoms with Gasteiger partial charge in [0.15, 0.2) is 0 Å². The third kappa shape index (κ3) is 4.45. The highest BCUT2D eigenvalue weighted by atomic mass is 19.1. The molecule has 0 saturated heterocycles. The maximum Gasteiger partial charge on any atom is 0.322 e. The number of nitrogens with zero attached hydrogens (tertiary/aromatic N) is 3. The Hall–Kier alpha value is -4.26. The molecule has 1 aliphatic heterocycles. The van der Waals surface area contributed by atoms with E-state index in [2.05, 4.69) is 22.4 Å². The van der Waals surface area contributed by atoms with Gasteiger partial charge in [-0.25, -0.2) is 9.18 Å². The third-order valence-electron chi connectivity index (χ3n) is 6.29. The topological polar surface area (TPSA) is 71.3 Å². The number of nitrogens with one attached hydrogen (secondary N) is 1. The predicted molar refractivity (Wildman–Crippen MR) is 131 cm³/mol. The molecule has 176 valence electrons. The number of hydrogen-bond donors (Lipinski definition) is 1. The molecule has 1 N–H and O–H groups in total. The fourth-order valence-corrected chi connectivity index (χ4v) is 4.28. The number of carbonyl (C=O) groups is 1. The molecule has 2 heterocycles. The first-order valence-corrected chi connectivity index (χ1v) is 11.6. The summed E-state index contributed by atoms with van der Waals surface area (Å²) >= 11 is 0. The Morgan fingerprint density at radius 2 is 1.71 bits per heavy atom. The van der Waals surface area contributed by atoms with E-state index in [1.165, 1.54) is 16.5 Å². The van der Waals surface area contributed by atoms with Crippen LogP contribution in [0.5, 0.6) is 0 Å². The molecule has 1 atom stereocenters. The van der Waals surface area contributed by atoms with E-state index in [0.717, 1.165) is 17.5 Å². The quantitative estimate of drug-likeness (QED) is 0.369.